The van der Waals surface area contributed by atoms with E-state index in [1.807, 2.05) is 14.0 Å². The van der Waals surface area contributed by atoms with Gasteiger partial charge in [-0.3, -0.25) is 4.99 Å². The van der Waals surface area contributed by atoms with E-state index < -0.39 is 0 Å². The Labute approximate surface area is 121 Å². The Morgan fingerprint density at radius 1 is 1.55 bits per heavy atom. The minimum absolute atomic E-state index is 0.628. The van der Waals surface area contributed by atoms with Gasteiger partial charge in [0.15, 0.2) is 5.96 Å². The van der Waals surface area contributed by atoms with Crippen LogP contribution in [-0.2, 0) is 18.3 Å². The first-order valence-electron chi connectivity index (χ1n) is 7.38. The fourth-order valence-corrected chi connectivity index (χ4v) is 2.63. The van der Waals surface area contributed by atoms with Crippen LogP contribution in [0.5, 0.6) is 0 Å². The summed E-state index contributed by atoms with van der Waals surface area (Å²) in [6, 6.07) is 4.19. The second kappa shape index (κ2) is 7.33. The third-order valence-electron chi connectivity index (χ3n) is 3.83. The van der Waals surface area contributed by atoms with Gasteiger partial charge in [-0.1, -0.05) is 0 Å². The topological polar surface area (TPSA) is 41.8 Å². The molecule has 5 nitrogen and oxygen atoms in total. The van der Waals surface area contributed by atoms with E-state index in [1.54, 1.807) is 0 Å². The Bertz CT molecular complexity index is 441. The van der Waals surface area contributed by atoms with Gasteiger partial charge in [-0.2, -0.15) is 0 Å². The molecule has 1 fully saturated rings. The number of aliphatic imine (C=N–C) groups is 1. The molecule has 1 saturated heterocycles. The summed E-state index contributed by atoms with van der Waals surface area (Å²) in [5.74, 6) is 1.62. The first-order valence-corrected chi connectivity index (χ1v) is 7.38. The smallest absolute Gasteiger partial charge is 0.193 e. The molecule has 1 aliphatic rings. The number of likely N-dealkylation sites (tertiary alicyclic amines) is 1. The molecule has 2 rings (SSSR count). The molecule has 1 atom stereocenters. The maximum atomic E-state index is 5.52. The molecule has 5 heteroatoms. The first-order chi connectivity index (χ1) is 9.74. The number of rotatable bonds is 5. The molecule has 1 aliphatic heterocycles. The van der Waals surface area contributed by atoms with E-state index in [0.29, 0.717) is 5.92 Å². The van der Waals surface area contributed by atoms with Crippen LogP contribution in [0.25, 0.3) is 0 Å². The highest BCUT2D eigenvalue weighted by Crippen LogP contribution is 2.16. The number of aryl methyl sites for hydroxylation is 1. The molecular weight excluding hydrogens is 252 g/mol. The number of ether oxygens (including phenoxy) is 1. The summed E-state index contributed by atoms with van der Waals surface area (Å²) in [5.41, 5.74) is 1.26. The summed E-state index contributed by atoms with van der Waals surface area (Å²) in [5, 5.41) is 3.45. The van der Waals surface area contributed by atoms with Gasteiger partial charge >= 0.3 is 0 Å². The molecule has 0 bridgehead atoms. The summed E-state index contributed by atoms with van der Waals surface area (Å²) in [7, 11) is 3.91. The van der Waals surface area contributed by atoms with Crippen LogP contribution in [0.15, 0.2) is 23.3 Å². The molecule has 0 aromatic carbocycles. The average molecular weight is 278 g/mol. The lowest BCUT2D eigenvalue weighted by Gasteiger charge is -2.21. The second-order valence-corrected chi connectivity index (χ2v) is 5.27. The Morgan fingerprint density at radius 2 is 2.40 bits per heavy atom. The molecule has 1 N–H and O–H groups in total. The second-order valence-electron chi connectivity index (χ2n) is 5.27. The van der Waals surface area contributed by atoms with Crippen LogP contribution >= 0.6 is 0 Å². The predicted octanol–water partition coefficient (Wildman–Crippen LogP) is 1.46. The van der Waals surface area contributed by atoms with Crippen LogP contribution in [-0.4, -0.2) is 48.8 Å². The molecule has 0 spiro atoms. The van der Waals surface area contributed by atoms with Crippen molar-refractivity contribution in [2.45, 2.75) is 19.9 Å². The van der Waals surface area contributed by atoms with Crippen molar-refractivity contribution in [1.82, 2.24) is 14.8 Å². The molecule has 2 heterocycles. The fraction of sp³-hybridized carbons (Fsp3) is 0.667. The third-order valence-corrected chi connectivity index (χ3v) is 3.83. The minimum Gasteiger partial charge on any atom is -0.381 e. The molecule has 0 saturated carbocycles. The molecule has 0 amide bonds. The summed E-state index contributed by atoms with van der Waals surface area (Å²) in [6.45, 7) is 6.62. The molecule has 20 heavy (non-hydrogen) atoms. The van der Waals surface area contributed by atoms with E-state index in [-0.39, 0.29) is 0 Å². The molecule has 1 unspecified atom stereocenters. The number of nitrogens with one attached hydrogen (secondary N) is 1. The average Bonchev–Trinajstić information content (AvgIpc) is 3.07. The van der Waals surface area contributed by atoms with Gasteiger partial charge in [-0.05, 0) is 25.5 Å². The molecule has 1 aromatic rings. The van der Waals surface area contributed by atoms with Gasteiger partial charge in [0.25, 0.3) is 0 Å². The van der Waals surface area contributed by atoms with Crippen LogP contribution in [0.3, 0.4) is 0 Å². The zero-order valence-corrected chi connectivity index (χ0v) is 12.8. The van der Waals surface area contributed by atoms with E-state index >= 15 is 0 Å². The van der Waals surface area contributed by atoms with Crippen molar-refractivity contribution in [3.05, 3.63) is 24.0 Å². The van der Waals surface area contributed by atoms with Crippen molar-refractivity contribution in [2.75, 3.05) is 33.4 Å². The summed E-state index contributed by atoms with van der Waals surface area (Å²) in [4.78, 5) is 6.72. The van der Waals surface area contributed by atoms with Crippen LogP contribution in [0.1, 0.15) is 19.0 Å². The number of hydrogen-bond donors (Lipinski definition) is 1. The van der Waals surface area contributed by atoms with E-state index in [2.05, 4.69) is 45.2 Å². The standard InChI is InChI=1S/C15H26N4O/c1-4-20-12-13-7-9-19(11-13)15(16-2)17-10-14-6-5-8-18(14)3/h5-6,8,13H,4,7,9-12H2,1-3H3,(H,16,17). The molecule has 1 aromatic heterocycles. The van der Waals surface area contributed by atoms with Crippen LogP contribution in [0, 0.1) is 5.92 Å². The predicted molar refractivity (Wildman–Crippen MR) is 81.8 cm³/mol. The molecule has 0 radical (unpaired) electrons. The lowest BCUT2D eigenvalue weighted by atomic mass is 10.1. The van der Waals surface area contributed by atoms with E-state index in [4.69, 9.17) is 4.74 Å². The van der Waals surface area contributed by atoms with Crippen molar-refractivity contribution in [3.8, 4) is 0 Å². The van der Waals surface area contributed by atoms with Crippen molar-refractivity contribution < 1.29 is 4.74 Å². The lowest BCUT2D eigenvalue weighted by molar-refractivity contribution is 0.114. The van der Waals surface area contributed by atoms with Gasteiger partial charge in [-0.25, -0.2) is 0 Å². The summed E-state index contributed by atoms with van der Waals surface area (Å²) >= 11 is 0. The van der Waals surface area contributed by atoms with Gasteiger partial charge < -0.3 is 19.5 Å². The van der Waals surface area contributed by atoms with Crippen molar-refractivity contribution in [3.63, 3.8) is 0 Å². The number of nitrogens with zero attached hydrogens (tertiary/aromatic N) is 3. The zero-order valence-electron chi connectivity index (χ0n) is 12.8. The van der Waals surface area contributed by atoms with E-state index in [0.717, 1.165) is 38.8 Å². The first kappa shape index (κ1) is 14.9. The Balaban J connectivity index is 1.82. The highest BCUT2D eigenvalue weighted by atomic mass is 16.5. The van der Waals surface area contributed by atoms with Crippen molar-refractivity contribution in [1.29, 1.82) is 0 Å². The van der Waals surface area contributed by atoms with Gasteiger partial charge in [0.05, 0.1) is 13.2 Å². The van der Waals surface area contributed by atoms with Gasteiger partial charge in [0.2, 0.25) is 0 Å². The highest BCUT2D eigenvalue weighted by molar-refractivity contribution is 5.80. The molecular formula is C15H26N4O. The van der Waals surface area contributed by atoms with Crippen LogP contribution in [0.2, 0.25) is 0 Å². The van der Waals surface area contributed by atoms with Crippen molar-refractivity contribution >= 4 is 5.96 Å². The fourth-order valence-electron chi connectivity index (χ4n) is 2.63. The lowest BCUT2D eigenvalue weighted by Crippen LogP contribution is -2.40. The number of guanidine groups is 1. The third kappa shape index (κ3) is 3.76. The van der Waals surface area contributed by atoms with Crippen LogP contribution in [0.4, 0.5) is 0 Å². The normalized spacial score (nSPS) is 19.6. The van der Waals surface area contributed by atoms with Gasteiger partial charge in [0.1, 0.15) is 0 Å². The van der Waals surface area contributed by atoms with Gasteiger partial charge in [0, 0.05) is 51.6 Å². The zero-order chi connectivity index (χ0) is 14.4. The summed E-state index contributed by atoms with van der Waals surface area (Å²) < 4.78 is 7.65. The van der Waals surface area contributed by atoms with Crippen molar-refractivity contribution in [2.24, 2.45) is 18.0 Å². The van der Waals surface area contributed by atoms with E-state index in [9.17, 15) is 0 Å². The van der Waals surface area contributed by atoms with Crippen LogP contribution < -0.4 is 5.32 Å². The monoisotopic (exact) mass is 278 g/mol. The largest absolute Gasteiger partial charge is 0.381 e. The summed E-state index contributed by atoms with van der Waals surface area (Å²) in [6.07, 6.45) is 3.25. The maximum Gasteiger partial charge on any atom is 0.193 e. The number of hydrogen-bond acceptors (Lipinski definition) is 2. The SMILES string of the molecule is CCOCC1CCN(C(=NC)NCc2cccn2C)C1. The Hall–Kier alpha value is -1.49. The minimum atomic E-state index is 0.628. The van der Waals surface area contributed by atoms with Gasteiger partial charge in [-0.15, -0.1) is 0 Å². The van der Waals surface area contributed by atoms with E-state index in [1.165, 1.54) is 12.1 Å². The molecule has 0 aliphatic carbocycles. The Kier molecular flexibility index (Phi) is 5.47. The Morgan fingerprint density at radius 3 is 3.05 bits per heavy atom. The highest BCUT2D eigenvalue weighted by Gasteiger charge is 2.24. The number of aromatic nitrogens is 1. The molecule has 112 valence electrons. The quantitative estimate of drug-likeness (QED) is 0.655. The maximum absolute atomic E-state index is 5.52.